The molecule has 0 spiro atoms. The first kappa shape index (κ1) is 17.3. The maximum atomic E-state index is 12.1. The van der Waals surface area contributed by atoms with Gasteiger partial charge in [0.15, 0.2) is 0 Å². The Balaban J connectivity index is 0.00000156. The van der Waals surface area contributed by atoms with Crippen molar-refractivity contribution in [2.75, 3.05) is 6.73 Å². The number of aromatic nitrogens is 2. The number of aliphatic carboxylic acids is 1. The van der Waals surface area contributed by atoms with E-state index in [0.29, 0.717) is 10.6 Å². The Kier molecular flexibility index (Phi) is 4.60. The minimum atomic E-state index is -1.40. The van der Waals surface area contributed by atoms with Crippen LogP contribution >= 0.6 is 24.0 Å². The fraction of sp³-hybridized carbons (Fsp3) is 0.500. The molecule has 2 fully saturated rings. The van der Waals surface area contributed by atoms with E-state index in [1.165, 1.54) is 16.2 Å². The molecule has 4 rings (SSSR count). The normalized spacial score (nSPS) is 29.7. The molecule has 0 aliphatic carbocycles. The summed E-state index contributed by atoms with van der Waals surface area (Å²) in [6.45, 7) is 1.99. The van der Waals surface area contributed by atoms with Crippen LogP contribution in [0.2, 0.25) is 0 Å². The second-order valence-corrected chi connectivity index (χ2v) is 7.00. The fourth-order valence-electron chi connectivity index (χ4n) is 3.22. The molecule has 0 bridgehead atoms. The first-order valence-corrected chi connectivity index (χ1v) is 7.95. The second-order valence-electron chi connectivity index (χ2n) is 5.27. The Hall–Kier alpha value is -0.490. The monoisotopic (exact) mass is 362 g/mol. The van der Waals surface area contributed by atoms with Gasteiger partial charge in [0, 0.05) is 5.57 Å². The number of carboxylic acids is 1. The van der Waals surface area contributed by atoms with Crippen molar-refractivity contribution in [3.63, 3.8) is 0 Å². The maximum Gasteiger partial charge on any atom is 1.00 e. The van der Waals surface area contributed by atoms with Gasteiger partial charge in [-0.2, -0.15) is 12.6 Å². The molecular formula is C12H11N4NaO4S2. The molecule has 116 valence electrons. The van der Waals surface area contributed by atoms with E-state index in [0.717, 1.165) is 5.01 Å². The Labute approximate surface area is 163 Å². The van der Waals surface area contributed by atoms with Gasteiger partial charge in [-0.15, -0.1) is 21.5 Å². The van der Waals surface area contributed by atoms with Gasteiger partial charge in [0.1, 0.15) is 22.2 Å². The van der Waals surface area contributed by atoms with Gasteiger partial charge >= 0.3 is 29.6 Å². The third kappa shape index (κ3) is 2.39. The van der Waals surface area contributed by atoms with E-state index >= 15 is 0 Å². The van der Waals surface area contributed by atoms with Crippen molar-refractivity contribution in [1.82, 2.24) is 20.4 Å². The molecule has 1 N–H and O–H groups in total. The molecule has 2 saturated heterocycles. The summed E-state index contributed by atoms with van der Waals surface area (Å²) >= 11 is 5.84. The van der Waals surface area contributed by atoms with Crippen molar-refractivity contribution in [2.45, 2.75) is 30.4 Å². The molecule has 4 heterocycles. The molecule has 0 aromatic carbocycles. The smallest absolute Gasteiger partial charge is 0.543 e. The van der Waals surface area contributed by atoms with Crippen LogP contribution in [0.25, 0.3) is 0 Å². The molecule has 1 aromatic heterocycles. The predicted molar refractivity (Wildman–Crippen MR) is 75.7 cm³/mol. The van der Waals surface area contributed by atoms with Gasteiger partial charge in [0.2, 0.25) is 5.91 Å². The number of nitrogens with one attached hydrogen (secondary N) is 1. The van der Waals surface area contributed by atoms with Crippen LogP contribution in [0, 0.1) is 6.92 Å². The van der Waals surface area contributed by atoms with Crippen LogP contribution in [-0.4, -0.2) is 51.9 Å². The van der Waals surface area contributed by atoms with E-state index in [-0.39, 0.29) is 53.9 Å². The number of rotatable bonds is 3. The van der Waals surface area contributed by atoms with Gasteiger partial charge in [-0.1, -0.05) is 0 Å². The molecule has 1 amide bonds. The average molecular weight is 362 g/mol. The SMILES string of the molecule is Cc1nnc(C(S)C2=C(C(=O)[O-])N3C(=O)[C@H]4NCOC2[C@H]43)s1.[Na+]. The molecule has 11 heteroatoms. The third-order valence-corrected chi connectivity index (χ3v) is 5.70. The number of nitrogens with zero attached hydrogens (tertiary/aromatic N) is 3. The largest absolute Gasteiger partial charge is 1.00 e. The van der Waals surface area contributed by atoms with E-state index in [1.54, 1.807) is 6.92 Å². The van der Waals surface area contributed by atoms with Crippen LogP contribution in [0.1, 0.15) is 15.3 Å². The van der Waals surface area contributed by atoms with Crippen LogP contribution in [0.15, 0.2) is 11.3 Å². The molecule has 0 saturated carbocycles. The Morgan fingerprint density at radius 3 is 2.91 bits per heavy atom. The summed E-state index contributed by atoms with van der Waals surface area (Å²) in [6.07, 6.45) is -0.511. The van der Waals surface area contributed by atoms with Crippen LogP contribution in [-0.2, 0) is 14.3 Å². The maximum absolute atomic E-state index is 12.1. The zero-order chi connectivity index (χ0) is 15.6. The van der Waals surface area contributed by atoms with Crippen LogP contribution < -0.4 is 40.0 Å². The summed E-state index contributed by atoms with van der Waals surface area (Å²) < 4.78 is 5.65. The summed E-state index contributed by atoms with van der Waals surface area (Å²) in [7, 11) is 0. The summed E-state index contributed by atoms with van der Waals surface area (Å²) in [5.74, 6) is -1.68. The molecule has 0 radical (unpaired) electrons. The molecule has 8 nitrogen and oxygen atoms in total. The molecule has 4 atom stereocenters. The summed E-state index contributed by atoms with van der Waals surface area (Å²) in [5.41, 5.74) is 0.273. The number of amides is 1. The van der Waals surface area contributed by atoms with E-state index in [2.05, 4.69) is 28.1 Å². The number of β-lactam (4-membered cyclic amide) rings is 1. The van der Waals surface area contributed by atoms with Gasteiger partial charge < -0.3 is 19.5 Å². The van der Waals surface area contributed by atoms with Crippen molar-refractivity contribution in [3.05, 3.63) is 21.3 Å². The molecular weight excluding hydrogens is 351 g/mol. The number of carboxylic acid groups (broad SMARTS) is 1. The van der Waals surface area contributed by atoms with Gasteiger partial charge in [-0.3, -0.25) is 10.1 Å². The molecule has 3 aliphatic rings. The number of ether oxygens (including phenoxy) is 1. The first-order chi connectivity index (χ1) is 10.5. The molecule has 3 aliphatic heterocycles. The van der Waals surface area contributed by atoms with Crippen LogP contribution in [0.4, 0.5) is 0 Å². The van der Waals surface area contributed by atoms with E-state index < -0.39 is 23.4 Å². The molecule has 23 heavy (non-hydrogen) atoms. The van der Waals surface area contributed by atoms with Crippen molar-refractivity contribution in [2.24, 2.45) is 0 Å². The quantitative estimate of drug-likeness (QED) is 0.316. The number of carbonyl (C=O) groups excluding carboxylic acids is 2. The number of hydrogen-bond acceptors (Lipinski definition) is 9. The minimum Gasteiger partial charge on any atom is -0.543 e. The fourth-order valence-corrected chi connectivity index (χ4v) is 4.40. The summed E-state index contributed by atoms with van der Waals surface area (Å²) in [5, 5.41) is 23.2. The van der Waals surface area contributed by atoms with E-state index in [4.69, 9.17) is 4.74 Å². The van der Waals surface area contributed by atoms with Crippen molar-refractivity contribution in [3.8, 4) is 0 Å². The summed E-state index contributed by atoms with van der Waals surface area (Å²) in [6, 6.07) is -0.768. The molecule has 2 unspecified atom stereocenters. The van der Waals surface area contributed by atoms with Crippen LogP contribution in [0.5, 0.6) is 0 Å². The van der Waals surface area contributed by atoms with Gasteiger partial charge in [0.25, 0.3) is 0 Å². The van der Waals surface area contributed by atoms with Gasteiger partial charge in [-0.05, 0) is 6.92 Å². The standard InChI is InChI=1S/C12H12N4O4S2.Na/c1-3-14-15-10(22-3)9(21)4-6(12(18)19)16-7-5(11(16)17)13-2-20-8(4)7;/h5,7-9,13,21H,2H2,1H3,(H,18,19);/q;+1/p-1/t5-,7-,8?,9?;/m0./s1. The Morgan fingerprint density at radius 2 is 2.30 bits per heavy atom. The Morgan fingerprint density at radius 1 is 1.57 bits per heavy atom. The predicted octanol–water partition coefficient (Wildman–Crippen LogP) is -4.64. The summed E-state index contributed by atoms with van der Waals surface area (Å²) in [4.78, 5) is 24.9. The zero-order valence-electron chi connectivity index (χ0n) is 12.3. The topological polar surface area (TPSA) is 107 Å². The van der Waals surface area contributed by atoms with Crippen molar-refractivity contribution < 1.29 is 49.0 Å². The van der Waals surface area contributed by atoms with Gasteiger partial charge in [0.05, 0.1) is 29.7 Å². The van der Waals surface area contributed by atoms with E-state index in [1.807, 2.05) is 0 Å². The zero-order valence-corrected chi connectivity index (χ0v) is 16.1. The average Bonchev–Trinajstić information content (AvgIpc) is 3.06. The van der Waals surface area contributed by atoms with Crippen LogP contribution in [0.3, 0.4) is 0 Å². The number of hydrogen-bond donors (Lipinski definition) is 2. The van der Waals surface area contributed by atoms with Crippen molar-refractivity contribution in [1.29, 1.82) is 0 Å². The molecule has 1 aromatic rings. The minimum absolute atomic E-state index is 0. The third-order valence-electron chi connectivity index (χ3n) is 4.10. The van der Waals surface area contributed by atoms with E-state index in [9.17, 15) is 14.7 Å². The van der Waals surface area contributed by atoms with Gasteiger partial charge in [-0.25, -0.2) is 0 Å². The number of aryl methyl sites for hydroxylation is 1. The van der Waals surface area contributed by atoms with Crippen molar-refractivity contribution >= 4 is 35.8 Å². The Bertz CT molecular complexity index is 724. The number of thiol groups is 1. The first-order valence-electron chi connectivity index (χ1n) is 6.62. The number of carbonyl (C=O) groups is 2. The second kappa shape index (κ2) is 6.10.